The number of allylic oxidation sites excluding steroid dienone is 3. The van der Waals surface area contributed by atoms with Crippen molar-refractivity contribution in [3.8, 4) is 11.5 Å². The molecule has 0 fully saturated rings. The number of hydrogen-bond donors (Lipinski definition) is 1. The second-order valence-corrected chi connectivity index (χ2v) is 9.74. The van der Waals surface area contributed by atoms with E-state index in [4.69, 9.17) is 25.8 Å². The number of esters is 1. The van der Waals surface area contributed by atoms with Crippen LogP contribution < -0.4 is 14.8 Å². The number of ketones is 1. The van der Waals surface area contributed by atoms with Crippen LogP contribution in [-0.4, -0.2) is 32.1 Å². The molecule has 0 spiro atoms. The number of carbonyl (C=O) groups excluding carboxylic acids is 2. The van der Waals surface area contributed by atoms with Crippen molar-refractivity contribution in [2.75, 3.05) is 14.2 Å². The third-order valence-electron chi connectivity index (χ3n) is 7.01. The molecule has 7 heteroatoms. The Bertz CT molecular complexity index is 1230. The van der Waals surface area contributed by atoms with E-state index >= 15 is 0 Å². The Morgan fingerprint density at radius 3 is 2.36 bits per heavy atom. The third-order valence-corrected chi connectivity index (χ3v) is 7.26. The van der Waals surface area contributed by atoms with E-state index in [1.165, 1.54) is 0 Å². The molecule has 0 saturated carbocycles. The average Bonchev–Trinajstić information content (AvgIpc) is 2.87. The maximum Gasteiger partial charge on any atom is 0.337 e. The average molecular weight is 510 g/mol. The van der Waals surface area contributed by atoms with E-state index in [9.17, 15) is 9.59 Å². The minimum atomic E-state index is -0.520. The minimum absolute atomic E-state index is 0.00447. The molecule has 0 aromatic heterocycles. The number of nitrogens with one attached hydrogen (secondary N) is 1. The normalized spacial score (nSPS) is 20.4. The largest absolute Gasteiger partial charge is 0.493 e. The Labute approximate surface area is 217 Å². The zero-order chi connectivity index (χ0) is 26.0. The molecule has 0 unspecified atom stereocenters. The summed E-state index contributed by atoms with van der Waals surface area (Å²) in [5.41, 5.74) is 4.46. The number of methoxy groups -OCH3 is 2. The maximum atomic E-state index is 13.7. The second-order valence-electron chi connectivity index (χ2n) is 9.31. The highest BCUT2D eigenvalue weighted by Crippen LogP contribution is 2.46. The van der Waals surface area contributed by atoms with Gasteiger partial charge in [-0.1, -0.05) is 36.7 Å². The topological polar surface area (TPSA) is 73.9 Å². The van der Waals surface area contributed by atoms with Crippen LogP contribution in [0.3, 0.4) is 0 Å². The number of carbonyl (C=O) groups is 2. The number of halogens is 1. The van der Waals surface area contributed by atoms with E-state index in [1.807, 2.05) is 51.1 Å². The van der Waals surface area contributed by atoms with Gasteiger partial charge in [-0.05, 0) is 68.0 Å². The van der Waals surface area contributed by atoms with Gasteiger partial charge in [0.1, 0.15) is 0 Å². The van der Waals surface area contributed by atoms with Gasteiger partial charge in [-0.2, -0.15) is 0 Å². The number of ether oxygens (including phenoxy) is 3. The van der Waals surface area contributed by atoms with E-state index in [0.717, 1.165) is 16.8 Å². The Morgan fingerprint density at radius 2 is 1.72 bits per heavy atom. The zero-order valence-electron chi connectivity index (χ0n) is 21.3. The predicted molar refractivity (Wildman–Crippen MR) is 139 cm³/mol. The summed E-state index contributed by atoms with van der Waals surface area (Å²) in [4.78, 5) is 27.1. The van der Waals surface area contributed by atoms with E-state index in [1.54, 1.807) is 26.4 Å². The van der Waals surface area contributed by atoms with Crippen LogP contribution in [0.4, 0.5) is 0 Å². The highest BCUT2D eigenvalue weighted by molar-refractivity contribution is 6.30. The molecule has 1 N–H and O–H groups in total. The lowest BCUT2D eigenvalue weighted by Crippen LogP contribution is -2.36. The maximum absolute atomic E-state index is 13.7. The Morgan fingerprint density at radius 1 is 1.06 bits per heavy atom. The summed E-state index contributed by atoms with van der Waals surface area (Å²) in [6.07, 6.45) is 1.44. The van der Waals surface area contributed by atoms with Crippen LogP contribution in [0.1, 0.15) is 63.0 Å². The van der Waals surface area contributed by atoms with Gasteiger partial charge < -0.3 is 19.5 Å². The monoisotopic (exact) mass is 509 g/mol. The van der Waals surface area contributed by atoms with E-state index in [2.05, 4.69) is 5.32 Å². The lowest BCUT2D eigenvalue weighted by atomic mass is 9.71. The number of Topliss-reactive ketones (excluding diaryl/α,β-unsaturated/α-hetero) is 1. The van der Waals surface area contributed by atoms with Crippen molar-refractivity contribution >= 4 is 23.4 Å². The van der Waals surface area contributed by atoms with E-state index in [0.29, 0.717) is 52.6 Å². The molecule has 0 radical (unpaired) electrons. The molecular weight excluding hydrogens is 478 g/mol. The van der Waals surface area contributed by atoms with Crippen molar-refractivity contribution in [3.05, 3.63) is 81.2 Å². The van der Waals surface area contributed by atoms with Crippen LogP contribution in [0.5, 0.6) is 11.5 Å². The van der Waals surface area contributed by atoms with Crippen molar-refractivity contribution in [2.24, 2.45) is 0 Å². The van der Waals surface area contributed by atoms with Gasteiger partial charge in [0.2, 0.25) is 0 Å². The number of hydrogen-bond acceptors (Lipinski definition) is 6. The molecule has 2 aromatic rings. The summed E-state index contributed by atoms with van der Waals surface area (Å²) in [7, 11) is 3.20. The standard InChI is InChI=1S/C29H32ClNO5/c1-6-16(2)36-29(33)26-17(3)31-22-13-20(19-9-12-24(34-4)25(15-19)35-5)14-23(32)28(22)27(26)18-7-10-21(30)11-8-18/h7-12,15-16,20,27,31H,6,13-14H2,1-5H3/t16-,20+,27+/m1/s1. The predicted octanol–water partition coefficient (Wildman–Crippen LogP) is 6.06. The van der Waals surface area contributed by atoms with Gasteiger partial charge in [-0.25, -0.2) is 4.79 Å². The molecule has 6 nitrogen and oxygen atoms in total. The van der Waals surface area contributed by atoms with Crippen molar-refractivity contribution < 1.29 is 23.8 Å². The fourth-order valence-electron chi connectivity index (χ4n) is 4.97. The van der Waals surface area contributed by atoms with Gasteiger partial charge >= 0.3 is 5.97 Å². The van der Waals surface area contributed by atoms with Gasteiger partial charge in [0, 0.05) is 34.3 Å². The van der Waals surface area contributed by atoms with Crippen LogP contribution in [-0.2, 0) is 14.3 Å². The molecule has 0 amide bonds. The summed E-state index contributed by atoms with van der Waals surface area (Å²) < 4.78 is 16.6. The zero-order valence-corrected chi connectivity index (χ0v) is 22.1. The van der Waals surface area contributed by atoms with Gasteiger partial charge in [0.25, 0.3) is 0 Å². The number of benzene rings is 2. The van der Waals surface area contributed by atoms with Crippen LogP contribution in [0.2, 0.25) is 5.02 Å². The molecule has 2 aromatic carbocycles. The summed E-state index contributed by atoms with van der Waals surface area (Å²) in [5, 5.41) is 3.98. The van der Waals surface area contributed by atoms with Crippen molar-refractivity contribution in [1.82, 2.24) is 5.32 Å². The van der Waals surface area contributed by atoms with Crippen LogP contribution in [0, 0.1) is 0 Å². The molecule has 2 aliphatic rings. The van der Waals surface area contributed by atoms with Crippen LogP contribution >= 0.6 is 11.6 Å². The molecule has 1 heterocycles. The fourth-order valence-corrected chi connectivity index (χ4v) is 5.10. The van der Waals surface area contributed by atoms with Crippen molar-refractivity contribution in [3.63, 3.8) is 0 Å². The molecule has 1 aliphatic carbocycles. The molecule has 4 rings (SSSR count). The molecule has 0 bridgehead atoms. The molecule has 0 saturated heterocycles. The van der Waals surface area contributed by atoms with Gasteiger partial charge in [0.05, 0.1) is 25.9 Å². The molecular formula is C29H32ClNO5. The van der Waals surface area contributed by atoms with E-state index in [-0.39, 0.29) is 17.8 Å². The van der Waals surface area contributed by atoms with Crippen molar-refractivity contribution in [2.45, 2.75) is 58.0 Å². The quantitative estimate of drug-likeness (QED) is 0.457. The molecule has 3 atom stereocenters. The summed E-state index contributed by atoms with van der Waals surface area (Å²) >= 11 is 6.15. The van der Waals surface area contributed by atoms with Crippen LogP contribution in [0.15, 0.2) is 65.0 Å². The first-order chi connectivity index (χ1) is 17.3. The lowest BCUT2D eigenvalue weighted by Gasteiger charge is -2.37. The number of rotatable bonds is 7. The smallest absolute Gasteiger partial charge is 0.337 e. The summed E-state index contributed by atoms with van der Waals surface area (Å²) in [6, 6.07) is 13.1. The molecule has 36 heavy (non-hydrogen) atoms. The van der Waals surface area contributed by atoms with Gasteiger partial charge in [-0.15, -0.1) is 0 Å². The van der Waals surface area contributed by atoms with Crippen LogP contribution in [0.25, 0.3) is 0 Å². The summed E-state index contributed by atoms with van der Waals surface area (Å²) in [5.74, 6) is 0.319. The Hall–Kier alpha value is -3.25. The van der Waals surface area contributed by atoms with Gasteiger partial charge in [-0.3, -0.25) is 4.79 Å². The first-order valence-electron chi connectivity index (χ1n) is 12.2. The molecule has 190 valence electrons. The Balaban J connectivity index is 1.76. The highest BCUT2D eigenvalue weighted by atomic mass is 35.5. The third kappa shape index (κ3) is 5.00. The second kappa shape index (κ2) is 10.8. The minimum Gasteiger partial charge on any atom is -0.493 e. The highest BCUT2D eigenvalue weighted by Gasteiger charge is 2.41. The van der Waals surface area contributed by atoms with Gasteiger partial charge in [0.15, 0.2) is 17.3 Å². The van der Waals surface area contributed by atoms with Crippen molar-refractivity contribution in [1.29, 1.82) is 0 Å². The summed E-state index contributed by atoms with van der Waals surface area (Å²) in [6.45, 7) is 5.70. The first kappa shape index (κ1) is 25.8. The van der Waals surface area contributed by atoms with E-state index < -0.39 is 11.9 Å². The Kier molecular flexibility index (Phi) is 7.74. The SMILES string of the molecule is CC[C@@H](C)OC(=O)C1=C(C)NC2=C(C(=O)C[C@@H](c3ccc(OC)c(OC)c3)C2)[C@H]1c1ccc(Cl)cc1. The fraction of sp³-hybridized carbons (Fsp3) is 0.379. The molecule has 1 aliphatic heterocycles. The first-order valence-corrected chi connectivity index (χ1v) is 12.6. The lowest BCUT2D eigenvalue weighted by molar-refractivity contribution is -0.144. The number of dihydropyridines is 1.